The van der Waals surface area contributed by atoms with E-state index in [4.69, 9.17) is 0 Å². The predicted molar refractivity (Wildman–Crippen MR) is 157 cm³/mol. The molecule has 7 heteroatoms. The van der Waals surface area contributed by atoms with Crippen LogP contribution in [-0.2, 0) is 27.3 Å². The molecule has 3 amide bonds. The topological polar surface area (TPSA) is 81.8 Å². The summed E-state index contributed by atoms with van der Waals surface area (Å²) in [5.74, 6) is -0.0706. The molecule has 0 saturated carbocycles. The first kappa shape index (κ1) is 30.1. The largest absolute Gasteiger partial charge is 0.359 e. The van der Waals surface area contributed by atoms with Crippen molar-refractivity contribution >= 4 is 17.7 Å². The quantitative estimate of drug-likeness (QED) is 0.327. The Hall–Kier alpha value is -3.45. The first-order valence-corrected chi connectivity index (χ1v) is 14.3. The Morgan fingerprint density at radius 1 is 0.923 bits per heavy atom. The Balaban J connectivity index is 1.57. The van der Waals surface area contributed by atoms with Crippen molar-refractivity contribution in [2.24, 2.45) is 0 Å². The number of likely N-dealkylation sites (N-methyl/N-ethyl adjacent to an activating group) is 1. The van der Waals surface area contributed by atoms with E-state index in [0.717, 1.165) is 68.3 Å². The van der Waals surface area contributed by atoms with Gasteiger partial charge in [0.15, 0.2) is 0 Å². The van der Waals surface area contributed by atoms with Gasteiger partial charge in [-0.1, -0.05) is 68.7 Å². The molecule has 210 valence electrons. The van der Waals surface area contributed by atoms with Gasteiger partial charge in [0.1, 0.15) is 6.04 Å². The normalized spacial score (nSPS) is 15.5. The lowest BCUT2D eigenvalue weighted by molar-refractivity contribution is -0.139. The van der Waals surface area contributed by atoms with Crippen molar-refractivity contribution in [2.75, 3.05) is 27.2 Å². The fraction of sp³-hybridized carbons (Fsp3) is 0.469. The van der Waals surface area contributed by atoms with Gasteiger partial charge in [0.05, 0.1) is 0 Å². The number of nitrogens with zero attached hydrogens (tertiary/aromatic N) is 2. The summed E-state index contributed by atoms with van der Waals surface area (Å²) in [7, 11) is 3.38. The maximum absolute atomic E-state index is 13.3. The van der Waals surface area contributed by atoms with Crippen LogP contribution < -0.4 is 10.6 Å². The number of carbonyl (C=O) groups is 3. The van der Waals surface area contributed by atoms with Gasteiger partial charge in [0.2, 0.25) is 17.7 Å². The third-order valence-electron chi connectivity index (χ3n) is 7.29. The molecule has 0 bridgehead atoms. The van der Waals surface area contributed by atoms with Gasteiger partial charge in [-0.25, -0.2) is 0 Å². The van der Waals surface area contributed by atoms with Crippen molar-refractivity contribution < 1.29 is 14.4 Å². The zero-order valence-corrected chi connectivity index (χ0v) is 23.7. The minimum atomic E-state index is -0.518. The smallest absolute Gasteiger partial charge is 0.249 e. The van der Waals surface area contributed by atoms with Gasteiger partial charge in [0.25, 0.3) is 0 Å². The lowest BCUT2D eigenvalue weighted by Crippen LogP contribution is -2.46. The Morgan fingerprint density at radius 3 is 2.46 bits per heavy atom. The van der Waals surface area contributed by atoms with Crippen LogP contribution in [0.1, 0.15) is 63.0 Å². The summed E-state index contributed by atoms with van der Waals surface area (Å²) in [4.78, 5) is 40.5. The number of hydrogen-bond acceptors (Lipinski definition) is 4. The number of rotatable bonds is 15. The maximum Gasteiger partial charge on any atom is 0.249 e. The van der Waals surface area contributed by atoms with E-state index >= 15 is 0 Å². The van der Waals surface area contributed by atoms with Crippen LogP contribution >= 0.6 is 0 Å². The van der Waals surface area contributed by atoms with E-state index in [9.17, 15) is 14.4 Å². The molecular formula is C32H44N4O3. The molecule has 0 aliphatic carbocycles. The molecule has 2 N–H and O–H groups in total. The van der Waals surface area contributed by atoms with Gasteiger partial charge in [0, 0.05) is 52.3 Å². The Bertz CT molecular complexity index is 1110. The van der Waals surface area contributed by atoms with Crippen LogP contribution in [0.15, 0.2) is 60.8 Å². The van der Waals surface area contributed by atoms with Crippen molar-refractivity contribution in [3.63, 3.8) is 0 Å². The van der Waals surface area contributed by atoms with Crippen molar-refractivity contribution in [3.8, 4) is 11.1 Å². The summed E-state index contributed by atoms with van der Waals surface area (Å²) in [5.41, 5.74) is 4.49. The number of nitrogens with one attached hydrogen (secondary N) is 2. The molecule has 3 rings (SSSR count). The highest BCUT2D eigenvalue weighted by Crippen LogP contribution is 2.23. The Kier molecular flexibility index (Phi) is 12.2. The van der Waals surface area contributed by atoms with Gasteiger partial charge < -0.3 is 20.4 Å². The molecule has 1 aliphatic heterocycles. The summed E-state index contributed by atoms with van der Waals surface area (Å²) >= 11 is 0. The van der Waals surface area contributed by atoms with Crippen LogP contribution in [0.25, 0.3) is 11.1 Å². The summed E-state index contributed by atoms with van der Waals surface area (Å²) in [6.07, 6.45) is 10.4. The zero-order valence-electron chi connectivity index (χ0n) is 23.7. The lowest BCUT2D eigenvalue weighted by Gasteiger charge is -2.28. The molecule has 0 radical (unpaired) electrons. The maximum atomic E-state index is 13.3. The summed E-state index contributed by atoms with van der Waals surface area (Å²) in [6, 6.07) is 16.2. The van der Waals surface area contributed by atoms with E-state index in [1.807, 2.05) is 0 Å². The molecule has 2 aromatic carbocycles. The minimum Gasteiger partial charge on any atom is -0.359 e. The van der Waals surface area contributed by atoms with Crippen LogP contribution in [0.4, 0.5) is 0 Å². The summed E-state index contributed by atoms with van der Waals surface area (Å²) < 4.78 is 0. The molecule has 0 unspecified atom stereocenters. The van der Waals surface area contributed by atoms with Crippen LogP contribution in [0.5, 0.6) is 0 Å². The molecule has 0 fully saturated rings. The monoisotopic (exact) mass is 532 g/mol. The molecule has 7 nitrogen and oxygen atoms in total. The SMILES string of the molecule is CCCCCCN1C=CC(=O)N(C)[C@@H](Cc2ccc(-c3cccc(CNCCCCC(=O)NC)c3)cc2)C1=O. The van der Waals surface area contributed by atoms with Gasteiger partial charge >= 0.3 is 0 Å². The second kappa shape index (κ2) is 15.8. The predicted octanol–water partition coefficient (Wildman–Crippen LogP) is 4.67. The van der Waals surface area contributed by atoms with E-state index in [2.05, 4.69) is 66.1 Å². The molecule has 1 heterocycles. The van der Waals surface area contributed by atoms with Crippen molar-refractivity contribution in [1.82, 2.24) is 20.4 Å². The molecule has 0 saturated heterocycles. The van der Waals surface area contributed by atoms with E-state index in [1.165, 1.54) is 11.6 Å². The summed E-state index contributed by atoms with van der Waals surface area (Å²) in [6.45, 7) is 4.46. The first-order chi connectivity index (χ1) is 18.9. The van der Waals surface area contributed by atoms with Gasteiger partial charge in [-0.3, -0.25) is 14.4 Å². The van der Waals surface area contributed by atoms with Crippen LogP contribution in [-0.4, -0.2) is 60.7 Å². The highest BCUT2D eigenvalue weighted by atomic mass is 16.2. The van der Waals surface area contributed by atoms with Crippen LogP contribution in [0.2, 0.25) is 0 Å². The second-order valence-corrected chi connectivity index (χ2v) is 10.3. The Labute approximate surface area is 233 Å². The molecule has 39 heavy (non-hydrogen) atoms. The number of unbranched alkanes of at least 4 members (excludes halogenated alkanes) is 4. The van der Waals surface area contributed by atoms with Gasteiger partial charge in [-0.15, -0.1) is 0 Å². The molecule has 0 spiro atoms. The number of hydrogen-bond donors (Lipinski definition) is 2. The van der Waals surface area contributed by atoms with E-state index < -0.39 is 6.04 Å². The highest BCUT2D eigenvalue weighted by Gasteiger charge is 2.31. The standard InChI is InChI=1S/C32H44N4O3/c1-4-5-6-9-20-36-21-18-31(38)35(3)29(32(36)39)23-25-14-16-27(17-15-25)28-12-10-11-26(22-28)24-34-19-8-7-13-30(37)33-2/h10-12,14-18,21-22,29,34H,4-9,13,19-20,23-24H2,1-3H3,(H,33,37)/t29-/m0/s1. The first-order valence-electron chi connectivity index (χ1n) is 14.3. The molecule has 2 aromatic rings. The van der Waals surface area contributed by atoms with Crippen molar-refractivity contribution in [2.45, 2.75) is 70.9 Å². The van der Waals surface area contributed by atoms with Crippen LogP contribution in [0.3, 0.4) is 0 Å². The third-order valence-corrected chi connectivity index (χ3v) is 7.29. The fourth-order valence-corrected chi connectivity index (χ4v) is 4.78. The highest BCUT2D eigenvalue weighted by molar-refractivity contribution is 5.95. The van der Waals surface area contributed by atoms with Crippen molar-refractivity contribution in [3.05, 3.63) is 71.9 Å². The minimum absolute atomic E-state index is 0.0194. The number of amides is 3. The van der Waals surface area contributed by atoms with Gasteiger partial charge in [-0.05, 0) is 54.1 Å². The average molecular weight is 533 g/mol. The fourth-order valence-electron chi connectivity index (χ4n) is 4.78. The average Bonchev–Trinajstić information content (AvgIpc) is 3.05. The van der Waals surface area contributed by atoms with E-state index in [0.29, 0.717) is 19.4 Å². The second-order valence-electron chi connectivity index (χ2n) is 10.3. The van der Waals surface area contributed by atoms with Gasteiger partial charge in [-0.2, -0.15) is 0 Å². The van der Waals surface area contributed by atoms with E-state index in [-0.39, 0.29) is 17.7 Å². The summed E-state index contributed by atoms with van der Waals surface area (Å²) in [5, 5.41) is 6.11. The molecular weight excluding hydrogens is 488 g/mol. The van der Waals surface area contributed by atoms with Crippen molar-refractivity contribution in [1.29, 1.82) is 0 Å². The molecule has 1 atom stereocenters. The van der Waals surface area contributed by atoms with Crippen LogP contribution in [0, 0.1) is 0 Å². The zero-order chi connectivity index (χ0) is 28.0. The Morgan fingerprint density at radius 2 is 1.72 bits per heavy atom. The molecule has 0 aromatic heterocycles. The molecule has 1 aliphatic rings. The number of carbonyl (C=O) groups excluding carboxylic acids is 3. The number of benzene rings is 2. The third kappa shape index (κ3) is 9.36. The lowest BCUT2D eigenvalue weighted by atomic mass is 9.98. The van der Waals surface area contributed by atoms with E-state index in [1.54, 1.807) is 30.1 Å².